The molecule has 0 spiro atoms. The van der Waals surface area contributed by atoms with Gasteiger partial charge in [-0.05, 0) is 28.3 Å². The molecule has 0 N–H and O–H groups in total. The summed E-state index contributed by atoms with van der Waals surface area (Å²) in [5, 5.41) is 0. The molecule has 0 atom stereocenters. The lowest BCUT2D eigenvalue weighted by atomic mass is 10.2. The molecule has 0 radical (unpaired) electrons. The van der Waals surface area contributed by atoms with Crippen molar-refractivity contribution in [3.63, 3.8) is 0 Å². The van der Waals surface area contributed by atoms with Gasteiger partial charge in [-0.3, -0.25) is 4.98 Å². The van der Waals surface area contributed by atoms with Crippen LogP contribution in [0.25, 0.3) is 0 Å². The van der Waals surface area contributed by atoms with Crippen molar-refractivity contribution in [3.8, 4) is 0 Å². The van der Waals surface area contributed by atoms with Gasteiger partial charge >= 0.3 is 0 Å². The minimum absolute atomic E-state index is 0.161. The Balaban J connectivity index is 2.68. The van der Waals surface area contributed by atoms with Crippen LogP contribution in [0.3, 0.4) is 0 Å². The second-order valence-electron chi connectivity index (χ2n) is 1.81. The van der Waals surface area contributed by atoms with Gasteiger partial charge in [0.2, 0.25) is 0 Å². The predicted molar refractivity (Wildman–Crippen MR) is 48.8 cm³/mol. The molecule has 2 heterocycles. The molecule has 1 aliphatic rings. The Morgan fingerprint density at radius 1 is 1.73 bits per heavy atom. The van der Waals surface area contributed by atoms with Crippen LogP contribution in [0.15, 0.2) is 22.9 Å². The van der Waals surface area contributed by atoms with Gasteiger partial charge in [0.05, 0.1) is 16.0 Å². The molecule has 2 rings (SSSR count). The van der Waals surface area contributed by atoms with Crippen LogP contribution in [0, 0.1) is 0 Å². The largest absolute Gasteiger partial charge is 0.369 e. The number of halogens is 1. The summed E-state index contributed by atoms with van der Waals surface area (Å²) in [5.41, 5.74) is -0.379. The molecule has 0 aliphatic carbocycles. The van der Waals surface area contributed by atoms with E-state index in [2.05, 4.69) is 20.9 Å². The van der Waals surface area contributed by atoms with Gasteiger partial charge in [-0.2, -0.15) is 0 Å². The lowest BCUT2D eigenvalue weighted by Gasteiger charge is -2.33. The first-order valence-corrected chi connectivity index (χ1v) is 3.60. The average Bonchev–Trinajstić information content (AvgIpc) is 2.30. The number of pyridine rings is 1. The lowest BCUT2D eigenvalue weighted by molar-refractivity contribution is 0.615. The summed E-state index contributed by atoms with van der Waals surface area (Å²) < 4.78 is 68.1. The Labute approximate surface area is 87.0 Å². The molecule has 0 amide bonds. The Hall–Kier alpha value is -0.570. The van der Waals surface area contributed by atoms with E-state index in [1.165, 1.54) is 0 Å². The zero-order valence-corrected chi connectivity index (χ0v) is 6.86. The minimum atomic E-state index is -2.78. The van der Waals surface area contributed by atoms with Crippen molar-refractivity contribution < 1.29 is 12.3 Å². The third kappa shape index (κ3) is 1.25. The van der Waals surface area contributed by atoms with Gasteiger partial charge in [0.15, 0.2) is 0 Å². The summed E-state index contributed by atoms with van der Waals surface area (Å²) in [5.74, 6) is 0. The average molecular weight is 222 g/mol. The van der Waals surface area contributed by atoms with Crippen molar-refractivity contribution in [2.24, 2.45) is 0 Å². The highest BCUT2D eigenvalue weighted by molar-refractivity contribution is 9.10. The highest BCUT2D eigenvalue weighted by Crippen LogP contribution is 2.27. The Morgan fingerprint density at radius 3 is 3.36 bits per heavy atom. The second kappa shape index (κ2) is 2.81. The van der Waals surface area contributed by atoms with Crippen LogP contribution >= 0.6 is 15.9 Å². The van der Waals surface area contributed by atoms with Crippen LogP contribution in [0.1, 0.15) is 18.7 Å². The molecule has 1 aliphatic heterocycles. The molecule has 2 nitrogen and oxygen atoms in total. The van der Waals surface area contributed by atoms with Gasteiger partial charge in [0.25, 0.3) is 0 Å². The monoisotopic (exact) mass is 221 g/mol. The van der Waals surface area contributed by atoms with Crippen LogP contribution in [-0.2, 0) is 0 Å². The minimum Gasteiger partial charge on any atom is -0.369 e. The van der Waals surface area contributed by atoms with Crippen molar-refractivity contribution in [2.45, 2.75) is 6.37 Å². The number of rotatable bonds is 1. The van der Waals surface area contributed by atoms with Crippen LogP contribution in [-0.4, -0.2) is 18.0 Å². The molecule has 58 valence electrons. The molecular formula is C8H9BrN2. The summed E-state index contributed by atoms with van der Waals surface area (Å²) in [4.78, 5) is 3.88. The van der Waals surface area contributed by atoms with Crippen molar-refractivity contribution in [1.29, 1.82) is 0 Å². The van der Waals surface area contributed by atoms with E-state index in [1.54, 1.807) is 0 Å². The number of nitrogens with zero attached hydrogens (tertiary/aromatic N) is 2. The lowest BCUT2D eigenvalue weighted by Crippen LogP contribution is -2.37. The van der Waals surface area contributed by atoms with Gasteiger partial charge in [0, 0.05) is 31.9 Å². The summed E-state index contributed by atoms with van der Waals surface area (Å²) in [6, 6.07) is -0.421. The first kappa shape index (κ1) is 2.22. The highest BCUT2D eigenvalue weighted by Gasteiger charge is 2.16. The fourth-order valence-electron chi connectivity index (χ4n) is 0.638. The van der Waals surface area contributed by atoms with Crippen molar-refractivity contribution in [1.82, 2.24) is 4.98 Å². The molecule has 1 saturated heterocycles. The maximum atomic E-state index is 7.68. The van der Waals surface area contributed by atoms with E-state index in [0.717, 1.165) is 0 Å². The standard InChI is InChI=1S/C8H9BrN2/c9-7-2-3-10-6-8(7)11-4-1-5-11/h2-3,6H,1,4-5H2/i1D2,2D,3D,4D2,5D2,6D. The zero-order valence-electron chi connectivity index (χ0n) is 14.3. The van der Waals surface area contributed by atoms with Gasteiger partial charge in [-0.1, -0.05) is 0 Å². The van der Waals surface area contributed by atoms with E-state index in [1.807, 2.05) is 0 Å². The fourth-order valence-corrected chi connectivity index (χ4v) is 0.993. The number of anilines is 1. The zero-order chi connectivity index (χ0) is 15.7. The molecule has 1 aromatic heterocycles. The maximum Gasteiger partial charge on any atom is 0.0863 e. The number of hydrogen-bond donors (Lipinski definition) is 0. The van der Waals surface area contributed by atoms with Gasteiger partial charge in [-0.15, -0.1) is 0 Å². The normalized spacial score (nSPS) is 41.9. The summed E-state index contributed by atoms with van der Waals surface area (Å²) in [6.07, 6.45) is -3.88. The first-order valence-electron chi connectivity index (χ1n) is 7.31. The smallest absolute Gasteiger partial charge is 0.0863 e. The molecule has 1 fully saturated rings. The molecular weight excluding hydrogens is 204 g/mol. The van der Waals surface area contributed by atoms with Crippen LogP contribution in [0.4, 0.5) is 5.69 Å². The van der Waals surface area contributed by atoms with Gasteiger partial charge in [0.1, 0.15) is 0 Å². The fraction of sp³-hybridized carbons (Fsp3) is 0.375. The molecule has 1 aromatic rings. The molecule has 11 heavy (non-hydrogen) atoms. The quantitative estimate of drug-likeness (QED) is 0.722. The molecule has 0 saturated carbocycles. The topological polar surface area (TPSA) is 16.1 Å². The van der Waals surface area contributed by atoms with E-state index in [-0.39, 0.29) is 10.2 Å². The van der Waals surface area contributed by atoms with E-state index in [0.29, 0.717) is 4.90 Å². The van der Waals surface area contributed by atoms with Gasteiger partial charge in [-0.25, -0.2) is 0 Å². The first-order chi connectivity index (χ1) is 8.87. The van der Waals surface area contributed by atoms with Crippen molar-refractivity contribution in [2.75, 3.05) is 17.9 Å². The number of hydrogen-bond acceptors (Lipinski definition) is 2. The molecule has 0 aromatic carbocycles. The number of aromatic nitrogens is 1. The van der Waals surface area contributed by atoms with Crippen LogP contribution < -0.4 is 4.90 Å². The molecule has 0 unspecified atom stereocenters. The third-order valence-electron chi connectivity index (χ3n) is 1.15. The van der Waals surface area contributed by atoms with Crippen LogP contribution in [0.5, 0.6) is 0 Å². The predicted octanol–water partition coefficient (Wildman–Crippen LogP) is 2.05. The summed E-state index contributed by atoms with van der Waals surface area (Å²) >= 11 is 2.93. The van der Waals surface area contributed by atoms with Crippen LogP contribution in [0.2, 0.25) is 0 Å². The van der Waals surface area contributed by atoms with E-state index in [9.17, 15) is 0 Å². The molecule has 0 bridgehead atoms. The third-order valence-corrected chi connectivity index (χ3v) is 1.72. The Morgan fingerprint density at radius 2 is 2.55 bits per heavy atom. The highest BCUT2D eigenvalue weighted by atomic mass is 79.9. The maximum absolute atomic E-state index is 7.68. The SMILES string of the molecule is [2H]c1nc([2H])c(N2C([2H])([2H])C([2H])([2H])C2([2H])[2H])c(Br)c1[2H]. The van der Waals surface area contributed by atoms with E-state index >= 15 is 0 Å². The Kier molecular flexibility index (Phi) is 0.569. The van der Waals surface area contributed by atoms with Crippen molar-refractivity contribution in [3.05, 3.63) is 22.9 Å². The Bertz CT molecular complexity index is 570. The summed E-state index contributed by atoms with van der Waals surface area (Å²) in [7, 11) is 0. The van der Waals surface area contributed by atoms with E-state index < -0.39 is 37.8 Å². The second-order valence-corrected chi connectivity index (χ2v) is 2.60. The van der Waals surface area contributed by atoms with E-state index in [4.69, 9.17) is 12.3 Å². The molecule has 3 heteroatoms. The van der Waals surface area contributed by atoms with Crippen molar-refractivity contribution >= 4 is 21.6 Å². The van der Waals surface area contributed by atoms with Gasteiger partial charge < -0.3 is 4.90 Å². The summed E-state index contributed by atoms with van der Waals surface area (Å²) in [6.45, 7) is -5.40.